The number of rotatable bonds is 6. The molecule has 1 aromatic rings. The molecule has 0 bridgehead atoms. The van der Waals surface area contributed by atoms with Crippen molar-refractivity contribution < 1.29 is 14.2 Å². The lowest BCUT2D eigenvalue weighted by Crippen LogP contribution is -2.42. The molecular weight excluding hydrogens is 283 g/mol. The third-order valence-corrected chi connectivity index (χ3v) is 4.61. The van der Waals surface area contributed by atoms with Gasteiger partial charge in [0.2, 0.25) is 0 Å². The summed E-state index contributed by atoms with van der Waals surface area (Å²) in [4.78, 5) is 1.92. The lowest BCUT2D eigenvalue weighted by atomic mass is 9.80. The van der Waals surface area contributed by atoms with Crippen LogP contribution in [0.25, 0.3) is 0 Å². The van der Waals surface area contributed by atoms with E-state index in [1.54, 1.807) is 6.07 Å². The number of hydrogen-bond donors (Lipinski definition) is 2. The molecule has 2 rings (SSSR count). The Hall–Kier alpha value is -1.17. The number of anilines is 1. The molecule has 1 aliphatic rings. The van der Waals surface area contributed by atoms with E-state index in [1.807, 2.05) is 25.1 Å². The zero-order valence-electron chi connectivity index (χ0n) is 13.7. The van der Waals surface area contributed by atoms with Gasteiger partial charge in [-0.3, -0.25) is 0 Å². The van der Waals surface area contributed by atoms with Gasteiger partial charge in [-0.25, -0.2) is 4.39 Å². The lowest BCUT2D eigenvalue weighted by Gasteiger charge is -2.37. The van der Waals surface area contributed by atoms with Crippen LogP contribution in [0.1, 0.15) is 31.4 Å². The number of halogens is 1. The molecule has 0 aromatic heterocycles. The normalized spacial score (nSPS) is 19.0. The Morgan fingerprint density at radius 1 is 1.36 bits per heavy atom. The van der Waals surface area contributed by atoms with E-state index in [2.05, 4.69) is 12.2 Å². The third-order valence-electron chi connectivity index (χ3n) is 4.61. The highest BCUT2D eigenvalue weighted by Crippen LogP contribution is 2.31. The number of nitrogens with zero attached hydrogens (tertiary/aromatic N) is 1. The standard InChI is InChI=1S/C17H27FN2O2/c1-13(15-5-4-14(18)10-16(15)20(2)3)19-11-17(12-21)6-8-22-9-7-17/h4-5,10,13,19,21H,6-9,11-12H2,1-3H3. The number of nitrogens with one attached hydrogen (secondary N) is 1. The van der Waals surface area contributed by atoms with Crippen LogP contribution in [-0.2, 0) is 4.74 Å². The highest BCUT2D eigenvalue weighted by atomic mass is 19.1. The summed E-state index contributed by atoms with van der Waals surface area (Å²) in [5.74, 6) is -0.226. The van der Waals surface area contributed by atoms with Gasteiger partial charge in [0, 0.05) is 51.0 Å². The molecule has 0 aliphatic carbocycles. The van der Waals surface area contributed by atoms with E-state index in [1.165, 1.54) is 6.07 Å². The van der Waals surface area contributed by atoms with Crippen LogP contribution in [0.2, 0.25) is 0 Å². The summed E-state index contributed by atoms with van der Waals surface area (Å²) in [6.45, 7) is 4.38. The van der Waals surface area contributed by atoms with Crippen molar-refractivity contribution in [3.63, 3.8) is 0 Å². The first-order valence-electron chi connectivity index (χ1n) is 7.86. The van der Waals surface area contributed by atoms with Crippen LogP contribution in [0.4, 0.5) is 10.1 Å². The van der Waals surface area contributed by atoms with E-state index in [0.717, 1.165) is 30.6 Å². The summed E-state index contributed by atoms with van der Waals surface area (Å²) in [5.41, 5.74) is 1.83. The van der Waals surface area contributed by atoms with E-state index in [4.69, 9.17) is 4.74 Å². The molecule has 0 spiro atoms. The molecule has 4 nitrogen and oxygen atoms in total. The predicted molar refractivity (Wildman–Crippen MR) is 86.7 cm³/mol. The molecule has 5 heteroatoms. The van der Waals surface area contributed by atoms with Crippen molar-refractivity contribution in [3.05, 3.63) is 29.6 Å². The van der Waals surface area contributed by atoms with E-state index >= 15 is 0 Å². The molecule has 1 saturated heterocycles. The molecule has 1 aliphatic heterocycles. The maximum absolute atomic E-state index is 13.5. The minimum Gasteiger partial charge on any atom is -0.396 e. The fourth-order valence-corrected chi connectivity index (χ4v) is 2.95. The Morgan fingerprint density at radius 2 is 2.05 bits per heavy atom. The minimum atomic E-state index is -0.226. The van der Waals surface area contributed by atoms with E-state index in [9.17, 15) is 9.50 Å². The second-order valence-corrected chi connectivity index (χ2v) is 6.47. The van der Waals surface area contributed by atoms with Gasteiger partial charge in [-0.05, 0) is 37.5 Å². The fourth-order valence-electron chi connectivity index (χ4n) is 2.95. The smallest absolute Gasteiger partial charge is 0.125 e. The summed E-state index contributed by atoms with van der Waals surface area (Å²) < 4.78 is 18.9. The number of benzene rings is 1. The average Bonchev–Trinajstić information content (AvgIpc) is 2.53. The SMILES string of the molecule is CC(NCC1(CO)CCOCC1)c1ccc(F)cc1N(C)C. The molecule has 1 heterocycles. The van der Waals surface area contributed by atoms with Gasteiger partial charge in [0.25, 0.3) is 0 Å². The summed E-state index contributed by atoms with van der Waals surface area (Å²) >= 11 is 0. The van der Waals surface area contributed by atoms with Crippen molar-refractivity contribution in [2.75, 3.05) is 45.4 Å². The zero-order valence-corrected chi connectivity index (χ0v) is 13.7. The van der Waals surface area contributed by atoms with Crippen LogP contribution in [0.3, 0.4) is 0 Å². The molecule has 1 aromatic carbocycles. The Bertz CT molecular complexity index is 488. The van der Waals surface area contributed by atoms with Crippen LogP contribution in [0.15, 0.2) is 18.2 Å². The van der Waals surface area contributed by atoms with Crippen molar-refractivity contribution in [1.82, 2.24) is 5.32 Å². The molecule has 1 fully saturated rings. The summed E-state index contributed by atoms with van der Waals surface area (Å²) in [5, 5.41) is 13.3. The van der Waals surface area contributed by atoms with Crippen LogP contribution in [0.5, 0.6) is 0 Å². The number of ether oxygens (including phenoxy) is 1. The first-order chi connectivity index (χ1) is 10.5. The van der Waals surface area contributed by atoms with Crippen molar-refractivity contribution in [2.45, 2.75) is 25.8 Å². The molecule has 22 heavy (non-hydrogen) atoms. The quantitative estimate of drug-likeness (QED) is 0.846. The van der Waals surface area contributed by atoms with Crippen molar-refractivity contribution in [1.29, 1.82) is 0 Å². The van der Waals surface area contributed by atoms with Gasteiger partial charge in [-0.2, -0.15) is 0 Å². The monoisotopic (exact) mass is 310 g/mol. The van der Waals surface area contributed by atoms with Crippen LogP contribution < -0.4 is 10.2 Å². The molecule has 1 atom stereocenters. The molecule has 1 unspecified atom stereocenters. The molecular formula is C17H27FN2O2. The summed E-state index contributed by atoms with van der Waals surface area (Å²) in [6, 6.07) is 4.97. The Labute approximate surface area is 132 Å². The maximum atomic E-state index is 13.5. The van der Waals surface area contributed by atoms with Crippen molar-refractivity contribution in [2.24, 2.45) is 5.41 Å². The van der Waals surface area contributed by atoms with Gasteiger partial charge in [0.1, 0.15) is 5.82 Å². The number of aliphatic hydroxyl groups excluding tert-OH is 1. The van der Waals surface area contributed by atoms with Crippen LogP contribution in [-0.4, -0.2) is 45.6 Å². The molecule has 0 radical (unpaired) electrons. The molecule has 2 N–H and O–H groups in total. The fraction of sp³-hybridized carbons (Fsp3) is 0.647. The van der Waals surface area contributed by atoms with Gasteiger partial charge in [-0.1, -0.05) is 6.07 Å². The molecule has 0 saturated carbocycles. The van der Waals surface area contributed by atoms with Gasteiger partial charge >= 0.3 is 0 Å². The molecule has 124 valence electrons. The van der Waals surface area contributed by atoms with Gasteiger partial charge in [0.05, 0.1) is 6.61 Å². The second kappa shape index (κ2) is 7.40. The van der Waals surface area contributed by atoms with E-state index in [0.29, 0.717) is 13.2 Å². The van der Waals surface area contributed by atoms with Crippen molar-refractivity contribution >= 4 is 5.69 Å². The average molecular weight is 310 g/mol. The minimum absolute atomic E-state index is 0.0873. The molecule has 0 amide bonds. The van der Waals surface area contributed by atoms with E-state index < -0.39 is 0 Å². The first kappa shape index (κ1) is 17.2. The first-order valence-corrected chi connectivity index (χ1v) is 7.86. The summed E-state index contributed by atoms with van der Waals surface area (Å²) in [6.07, 6.45) is 1.74. The lowest BCUT2D eigenvalue weighted by molar-refractivity contribution is -0.0163. The maximum Gasteiger partial charge on any atom is 0.125 e. The van der Waals surface area contributed by atoms with Gasteiger partial charge in [-0.15, -0.1) is 0 Å². The third kappa shape index (κ3) is 3.97. The Kier molecular flexibility index (Phi) is 5.78. The Morgan fingerprint density at radius 3 is 2.64 bits per heavy atom. The Balaban J connectivity index is 2.07. The van der Waals surface area contributed by atoms with Gasteiger partial charge < -0.3 is 20.1 Å². The zero-order chi connectivity index (χ0) is 16.2. The summed E-state index contributed by atoms with van der Waals surface area (Å²) in [7, 11) is 3.83. The predicted octanol–water partition coefficient (Wildman–Crippen LogP) is 2.33. The highest BCUT2D eigenvalue weighted by Gasteiger charge is 2.32. The number of aliphatic hydroxyl groups is 1. The van der Waals surface area contributed by atoms with Crippen LogP contribution in [0, 0.1) is 11.2 Å². The van der Waals surface area contributed by atoms with E-state index in [-0.39, 0.29) is 23.9 Å². The van der Waals surface area contributed by atoms with Gasteiger partial charge in [0.15, 0.2) is 0 Å². The highest BCUT2D eigenvalue weighted by molar-refractivity contribution is 5.54. The van der Waals surface area contributed by atoms with Crippen LogP contribution >= 0.6 is 0 Å². The van der Waals surface area contributed by atoms with Crippen molar-refractivity contribution in [3.8, 4) is 0 Å². The second-order valence-electron chi connectivity index (χ2n) is 6.47. The largest absolute Gasteiger partial charge is 0.396 e. The topological polar surface area (TPSA) is 44.7 Å². The number of hydrogen-bond acceptors (Lipinski definition) is 4.